The van der Waals surface area contributed by atoms with Crippen LogP contribution in [-0.2, 0) is 0 Å². The molecule has 2 N–H and O–H groups in total. The molecule has 0 saturated heterocycles. The highest BCUT2D eigenvalue weighted by atomic mass is 35.5. The van der Waals surface area contributed by atoms with Crippen LogP contribution in [0.25, 0.3) is 0 Å². The van der Waals surface area contributed by atoms with Crippen molar-refractivity contribution < 1.29 is 9.50 Å². The van der Waals surface area contributed by atoms with Crippen molar-refractivity contribution >= 4 is 11.6 Å². The molecule has 0 aromatic heterocycles. The minimum absolute atomic E-state index is 0.151. The van der Waals surface area contributed by atoms with Crippen molar-refractivity contribution in [2.45, 2.75) is 32.4 Å². The fraction of sp³-hybridized carbons (Fsp3) is 0.500. The molecule has 2 nitrogen and oxygen atoms in total. The Balaban J connectivity index is 2.89. The number of rotatable bonds is 5. The summed E-state index contributed by atoms with van der Waals surface area (Å²) in [6.07, 6.45) is 0.915. The number of benzene rings is 1. The molecule has 0 spiro atoms. The van der Waals surface area contributed by atoms with E-state index >= 15 is 0 Å². The van der Waals surface area contributed by atoms with Crippen LogP contribution < -0.4 is 5.32 Å². The van der Waals surface area contributed by atoms with Crippen LogP contribution in [0.1, 0.15) is 31.9 Å². The standard InChI is InChI=1S/C12H17ClFNO/c1-3-8(2)15-12(7-16)10-6-9(13)4-5-11(10)14/h4-6,8,12,15-16H,3,7H2,1-2H3. The molecule has 1 rings (SSSR count). The summed E-state index contributed by atoms with van der Waals surface area (Å²) >= 11 is 5.81. The number of halogens is 2. The SMILES string of the molecule is CCC(C)NC(CO)c1cc(Cl)ccc1F. The molecular weight excluding hydrogens is 229 g/mol. The Bertz CT molecular complexity index is 346. The number of nitrogens with one attached hydrogen (secondary N) is 1. The van der Waals surface area contributed by atoms with Gasteiger partial charge >= 0.3 is 0 Å². The Morgan fingerprint density at radius 3 is 2.75 bits per heavy atom. The van der Waals surface area contributed by atoms with Gasteiger partial charge in [0.15, 0.2) is 0 Å². The topological polar surface area (TPSA) is 32.3 Å². The molecule has 0 aliphatic heterocycles. The van der Waals surface area contributed by atoms with Crippen molar-refractivity contribution in [3.05, 3.63) is 34.6 Å². The van der Waals surface area contributed by atoms with E-state index in [-0.39, 0.29) is 18.5 Å². The summed E-state index contributed by atoms with van der Waals surface area (Å²) < 4.78 is 13.6. The minimum atomic E-state index is -0.409. The van der Waals surface area contributed by atoms with Crippen molar-refractivity contribution in [1.82, 2.24) is 5.32 Å². The number of hydrogen-bond donors (Lipinski definition) is 2. The molecule has 0 fully saturated rings. The van der Waals surface area contributed by atoms with E-state index in [0.29, 0.717) is 10.6 Å². The molecule has 0 heterocycles. The molecular formula is C12H17ClFNO. The first-order valence-corrected chi connectivity index (χ1v) is 5.78. The third-order valence-corrected chi connectivity index (χ3v) is 2.85. The Labute approximate surface area is 100 Å². The smallest absolute Gasteiger partial charge is 0.128 e. The number of aliphatic hydroxyl groups is 1. The molecule has 16 heavy (non-hydrogen) atoms. The van der Waals surface area contributed by atoms with E-state index in [4.69, 9.17) is 11.6 Å². The molecule has 2 atom stereocenters. The summed E-state index contributed by atoms with van der Waals surface area (Å²) in [6.45, 7) is 3.87. The van der Waals surface area contributed by atoms with Crippen molar-refractivity contribution in [1.29, 1.82) is 0 Å². The predicted molar refractivity (Wildman–Crippen MR) is 64.1 cm³/mol. The quantitative estimate of drug-likeness (QED) is 0.836. The van der Waals surface area contributed by atoms with E-state index in [1.165, 1.54) is 12.1 Å². The zero-order chi connectivity index (χ0) is 12.1. The van der Waals surface area contributed by atoms with Crippen molar-refractivity contribution in [3.63, 3.8) is 0 Å². The van der Waals surface area contributed by atoms with Crippen LogP contribution in [0, 0.1) is 5.82 Å². The van der Waals surface area contributed by atoms with E-state index < -0.39 is 6.04 Å². The Kier molecular flexibility index (Phi) is 5.19. The van der Waals surface area contributed by atoms with Crippen LogP contribution in [0.3, 0.4) is 0 Å². The lowest BCUT2D eigenvalue weighted by molar-refractivity contribution is 0.231. The highest BCUT2D eigenvalue weighted by Crippen LogP contribution is 2.21. The van der Waals surface area contributed by atoms with Gasteiger partial charge in [-0.2, -0.15) is 0 Å². The van der Waals surface area contributed by atoms with E-state index in [9.17, 15) is 9.50 Å². The van der Waals surface area contributed by atoms with Crippen LogP contribution in [0.5, 0.6) is 0 Å². The summed E-state index contributed by atoms with van der Waals surface area (Å²) in [5.74, 6) is -0.348. The van der Waals surface area contributed by atoms with Crippen molar-refractivity contribution in [2.75, 3.05) is 6.61 Å². The largest absolute Gasteiger partial charge is 0.394 e. The monoisotopic (exact) mass is 245 g/mol. The number of hydrogen-bond acceptors (Lipinski definition) is 2. The number of aliphatic hydroxyl groups excluding tert-OH is 1. The van der Waals surface area contributed by atoms with Crippen LogP contribution >= 0.6 is 11.6 Å². The lowest BCUT2D eigenvalue weighted by Gasteiger charge is -2.21. The van der Waals surface area contributed by atoms with Gasteiger partial charge in [-0.1, -0.05) is 18.5 Å². The average Bonchev–Trinajstić information content (AvgIpc) is 2.29. The summed E-state index contributed by atoms with van der Waals surface area (Å²) in [5, 5.41) is 12.9. The van der Waals surface area contributed by atoms with Gasteiger partial charge in [0.25, 0.3) is 0 Å². The fourth-order valence-electron chi connectivity index (χ4n) is 1.48. The van der Waals surface area contributed by atoms with Crippen LogP contribution in [0.15, 0.2) is 18.2 Å². The Morgan fingerprint density at radius 1 is 1.50 bits per heavy atom. The van der Waals surface area contributed by atoms with Crippen LogP contribution in [0.4, 0.5) is 4.39 Å². The average molecular weight is 246 g/mol. The van der Waals surface area contributed by atoms with Crippen LogP contribution in [-0.4, -0.2) is 17.8 Å². The highest BCUT2D eigenvalue weighted by molar-refractivity contribution is 6.30. The molecule has 0 aliphatic carbocycles. The first-order chi connectivity index (χ1) is 7.58. The molecule has 1 aromatic carbocycles. The van der Waals surface area contributed by atoms with E-state index in [2.05, 4.69) is 5.32 Å². The van der Waals surface area contributed by atoms with Gasteiger partial charge < -0.3 is 10.4 Å². The second-order valence-corrected chi connectivity index (χ2v) is 4.31. The third-order valence-electron chi connectivity index (χ3n) is 2.61. The molecule has 0 radical (unpaired) electrons. The maximum atomic E-state index is 13.6. The maximum absolute atomic E-state index is 13.6. The summed E-state index contributed by atoms with van der Waals surface area (Å²) in [6, 6.07) is 4.17. The van der Waals surface area contributed by atoms with Gasteiger partial charge in [0, 0.05) is 16.6 Å². The summed E-state index contributed by atoms with van der Waals surface area (Å²) in [7, 11) is 0. The molecule has 2 unspecified atom stereocenters. The lowest BCUT2D eigenvalue weighted by Crippen LogP contribution is -2.32. The lowest BCUT2D eigenvalue weighted by atomic mass is 10.1. The van der Waals surface area contributed by atoms with Gasteiger partial charge in [0.1, 0.15) is 5.82 Å². The molecule has 0 amide bonds. The minimum Gasteiger partial charge on any atom is -0.394 e. The molecule has 90 valence electrons. The molecule has 0 saturated carbocycles. The van der Waals surface area contributed by atoms with Gasteiger partial charge in [0.05, 0.1) is 12.6 Å². The molecule has 1 aromatic rings. The predicted octanol–water partition coefficient (Wildman–Crippen LogP) is 2.90. The third kappa shape index (κ3) is 3.44. The van der Waals surface area contributed by atoms with E-state index in [0.717, 1.165) is 6.42 Å². The summed E-state index contributed by atoms with van der Waals surface area (Å²) in [5.41, 5.74) is 0.412. The highest BCUT2D eigenvalue weighted by Gasteiger charge is 2.16. The summed E-state index contributed by atoms with van der Waals surface area (Å²) in [4.78, 5) is 0. The molecule has 0 bridgehead atoms. The van der Waals surface area contributed by atoms with E-state index in [1.54, 1.807) is 6.07 Å². The van der Waals surface area contributed by atoms with Crippen molar-refractivity contribution in [2.24, 2.45) is 0 Å². The van der Waals surface area contributed by atoms with Gasteiger partial charge in [0.2, 0.25) is 0 Å². The molecule has 0 aliphatic rings. The van der Waals surface area contributed by atoms with Gasteiger partial charge in [-0.05, 0) is 31.5 Å². The fourth-order valence-corrected chi connectivity index (χ4v) is 1.66. The first kappa shape index (κ1) is 13.4. The van der Waals surface area contributed by atoms with E-state index in [1.807, 2.05) is 13.8 Å². The Hall–Kier alpha value is -0.640. The first-order valence-electron chi connectivity index (χ1n) is 5.40. The zero-order valence-electron chi connectivity index (χ0n) is 9.50. The van der Waals surface area contributed by atoms with Gasteiger partial charge in [-0.3, -0.25) is 0 Å². The van der Waals surface area contributed by atoms with Gasteiger partial charge in [-0.15, -0.1) is 0 Å². The van der Waals surface area contributed by atoms with Crippen LogP contribution in [0.2, 0.25) is 5.02 Å². The second kappa shape index (κ2) is 6.18. The Morgan fingerprint density at radius 2 is 2.19 bits per heavy atom. The maximum Gasteiger partial charge on any atom is 0.128 e. The normalized spacial score (nSPS) is 14.8. The zero-order valence-corrected chi connectivity index (χ0v) is 10.3. The van der Waals surface area contributed by atoms with Gasteiger partial charge in [-0.25, -0.2) is 4.39 Å². The van der Waals surface area contributed by atoms with Crippen molar-refractivity contribution in [3.8, 4) is 0 Å². The second-order valence-electron chi connectivity index (χ2n) is 3.88. The molecule has 4 heteroatoms.